The molecule has 0 bridgehead atoms. The standard InChI is InChI=1S/C23H22N6O2/c1-15(18-4-5-20-13-22(31-3)11-8-19(20)12-18)23(30)26-25-16(2)17-6-9-21(10-7-17)29-14-24-27-28-29/h4-15H,1-3H3,(H,26,30)/b25-16-/t15-/m0/s1. The lowest BCUT2D eigenvalue weighted by atomic mass is 9.97. The third-order valence-corrected chi connectivity index (χ3v) is 5.20. The van der Waals surface area contributed by atoms with Crippen LogP contribution in [0.4, 0.5) is 0 Å². The number of nitrogens with one attached hydrogen (secondary N) is 1. The molecule has 0 fully saturated rings. The van der Waals surface area contributed by atoms with Gasteiger partial charge < -0.3 is 4.74 Å². The van der Waals surface area contributed by atoms with E-state index in [9.17, 15) is 4.79 Å². The van der Waals surface area contributed by atoms with E-state index in [1.807, 2.05) is 74.5 Å². The first kappa shape index (κ1) is 20.2. The molecule has 0 saturated heterocycles. The average molecular weight is 414 g/mol. The number of ether oxygens (including phenoxy) is 1. The summed E-state index contributed by atoms with van der Waals surface area (Å²) < 4.78 is 6.83. The third kappa shape index (κ3) is 4.42. The number of hydrogen-bond donors (Lipinski definition) is 1. The van der Waals surface area contributed by atoms with E-state index < -0.39 is 0 Å². The Bertz CT molecular complexity index is 1230. The van der Waals surface area contributed by atoms with Crippen LogP contribution in [-0.2, 0) is 4.79 Å². The number of methoxy groups -OCH3 is 1. The van der Waals surface area contributed by atoms with E-state index in [1.54, 1.807) is 11.8 Å². The number of tetrazole rings is 1. The van der Waals surface area contributed by atoms with Crippen molar-refractivity contribution in [3.63, 3.8) is 0 Å². The fourth-order valence-electron chi connectivity index (χ4n) is 3.23. The van der Waals surface area contributed by atoms with Crippen molar-refractivity contribution in [1.29, 1.82) is 0 Å². The van der Waals surface area contributed by atoms with Gasteiger partial charge in [-0.1, -0.05) is 36.4 Å². The number of benzene rings is 3. The maximum atomic E-state index is 12.7. The molecule has 0 aliphatic carbocycles. The molecule has 0 spiro atoms. The molecule has 1 N–H and O–H groups in total. The van der Waals surface area contributed by atoms with Crippen LogP contribution in [0.2, 0.25) is 0 Å². The highest BCUT2D eigenvalue weighted by Crippen LogP contribution is 2.25. The second-order valence-electron chi connectivity index (χ2n) is 7.17. The van der Waals surface area contributed by atoms with Crippen LogP contribution in [0.25, 0.3) is 16.5 Å². The van der Waals surface area contributed by atoms with Gasteiger partial charge in [-0.2, -0.15) is 5.10 Å². The van der Waals surface area contributed by atoms with Gasteiger partial charge in [0, 0.05) is 0 Å². The Morgan fingerprint density at radius 2 is 1.81 bits per heavy atom. The van der Waals surface area contributed by atoms with Gasteiger partial charge in [0.15, 0.2) is 0 Å². The van der Waals surface area contributed by atoms with E-state index in [0.29, 0.717) is 5.71 Å². The van der Waals surface area contributed by atoms with Crippen molar-refractivity contribution in [2.75, 3.05) is 7.11 Å². The van der Waals surface area contributed by atoms with Crippen molar-refractivity contribution in [1.82, 2.24) is 25.6 Å². The monoisotopic (exact) mass is 414 g/mol. The quantitative estimate of drug-likeness (QED) is 0.385. The Balaban J connectivity index is 1.44. The molecule has 0 unspecified atom stereocenters. The molecule has 4 rings (SSSR count). The number of carbonyl (C=O) groups is 1. The highest BCUT2D eigenvalue weighted by molar-refractivity contribution is 5.99. The van der Waals surface area contributed by atoms with Gasteiger partial charge in [0.2, 0.25) is 5.91 Å². The van der Waals surface area contributed by atoms with Gasteiger partial charge in [0.05, 0.1) is 24.4 Å². The summed E-state index contributed by atoms with van der Waals surface area (Å²) in [6.07, 6.45) is 1.53. The summed E-state index contributed by atoms with van der Waals surface area (Å²) in [5.41, 5.74) is 6.04. The van der Waals surface area contributed by atoms with Crippen LogP contribution in [0.5, 0.6) is 5.75 Å². The smallest absolute Gasteiger partial charge is 0.247 e. The molecule has 0 aliphatic heterocycles. The van der Waals surface area contributed by atoms with Gasteiger partial charge in [0.1, 0.15) is 12.1 Å². The largest absolute Gasteiger partial charge is 0.497 e. The van der Waals surface area contributed by atoms with Crippen molar-refractivity contribution in [3.8, 4) is 11.4 Å². The van der Waals surface area contributed by atoms with Crippen LogP contribution < -0.4 is 10.2 Å². The van der Waals surface area contributed by atoms with Crippen molar-refractivity contribution in [2.24, 2.45) is 5.10 Å². The molecule has 8 heteroatoms. The van der Waals surface area contributed by atoms with E-state index in [1.165, 1.54) is 6.33 Å². The first-order valence-corrected chi connectivity index (χ1v) is 9.81. The van der Waals surface area contributed by atoms with Crippen LogP contribution in [0.15, 0.2) is 72.1 Å². The van der Waals surface area contributed by atoms with Crippen LogP contribution in [0.1, 0.15) is 30.9 Å². The number of aromatic nitrogens is 4. The fraction of sp³-hybridized carbons (Fsp3) is 0.174. The average Bonchev–Trinajstić information content (AvgIpc) is 3.36. The van der Waals surface area contributed by atoms with Crippen molar-refractivity contribution in [3.05, 3.63) is 78.1 Å². The van der Waals surface area contributed by atoms with Gasteiger partial charge in [0.25, 0.3) is 0 Å². The fourth-order valence-corrected chi connectivity index (χ4v) is 3.23. The summed E-state index contributed by atoms with van der Waals surface area (Å²) in [5.74, 6) is 0.296. The molecular weight excluding hydrogens is 392 g/mol. The summed E-state index contributed by atoms with van der Waals surface area (Å²) in [6.45, 7) is 3.71. The lowest BCUT2D eigenvalue weighted by molar-refractivity contribution is -0.122. The predicted octanol–water partition coefficient (Wildman–Crippen LogP) is 3.47. The summed E-state index contributed by atoms with van der Waals surface area (Å²) in [7, 11) is 1.65. The summed E-state index contributed by atoms with van der Waals surface area (Å²) in [6, 6.07) is 19.4. The number of amides is 1. The van der Waals surface area contributed by atoms with Crippen LogP contribution in [-0.4, -0.2) is 38.9 Å². The van der Waals surface area contributed by atoms with E-state index in [-0.39, 0.29) is 11.8 Å². The minimum atomic E-state index is -0.342. The maximum absolute atomic E-state index is 12.7. The molecule has 1 heterocycles. The summed E-state index contributed by atoms with van der Waals surface area (Å²) >= 11 is 0. The predicted molar refractivity (Wildman–Crippen MR) is 118 cm³/mol. The molecule has 8 nitrogen and oxygen atoms in total. The van der Waals surface area contributed by atoms with E-state index in [2.05, 4.69) is 26.1 Å². The van der Waals surface area contributed by atoms with Gasteiger partial charge >= 0.3 is 0 Å². The van der Waals surface area contributed by atoms with Crippen LogP contribution in [0.3, 0.4) is 0 Å². The van der Waals surface area contributed by atoms with Crippen LogP contribution in [0, 0.1) is 0 Å². The molecule has 156 valence electrons. The third-order valence-electron chi connectivity index (χ3n) is 5.20. The topological polar surface area (TPSA) is 94.3 Å². The summed E-state index contributed by atoms with van der Waals surface area (Å²) in [4.78, 5) is 12.7. The van der Waals surface area contributed by atoms with E-state index in [0.717, 1.165) is 33.3 Å². The molecule has 0 saturated carbocycles. The number of rotatable bonds is 6. The lowest BCUT2D eigenvalue weighted by Crippen LogP contribution is -2.24. The number of hydrogen-bond acceptors (Lipinski definition) is 6. The zero-order valence-electron chi connectivity index (χ0n) is 17.5. The lowest BCUT2D eigenvalue weighted by Gasteiger charge is -2.12. The molecule has 31 heavy (non-hydrogen) atoms. The van der Waals surface area contributed by atoms with Gasteiger partial charge in [-0.25, -0.2) is 10.1 Å². The maximum Gasteiger partial charge on any atom is 0.247 e. The van der Waals surface area contributed by atoms with Crippen molar-refractivity contribution < 1.29 is 9.53 Å². The number of nitrogens with zero attached hydrogens (tertiary/aromatic N) is 5. The first-order chi connectivity index (χ1) is 15.0. The molecule has 1 amide bonds. The first-order valence-electron chi connectivity index (χ1n) is 9.81. The molecule has 0 aliphatic rings. The zero-order valence-corrected chi connectivity index (χ0v) is 17.5. The minimum Gasteiger partial charge on any atom is -0.497 e. The van der Waals surface area contributed by atoms with Gasteiger partial charge in [-0.05, 0) is 70.4 Å². The molecular formula is C23H22N6O2. The van der Waals surface area contributed by atoms with Crippen molar-refractivity contribution >= 4 is 22.4 Å². The van der Waals surface area contributed by atoms with Crippen molar-refractivity contribution in [2.45, 2.75) is 19.8 Å². The Labute approximate surface area is 179 Å². The molecule has 0 radical (unpaired) electrons. The normalized spacial score (nSPS) is 12.5. The molecule has 4 aromatic rings. The second-order valence-corrected chi connectivity index (χ2v) is 7.17. The highest BCUT2D eigenvalue weighted by Gasteiger charge is 2.15. The Hall–Kier alpha value is -4.07. The molecule has 1 aromatic heterocycles. The molecule has 1 atom stereocenters. The highest BCUT2D eigenvalue weighted by atomic mass is 16.5. The zero-order chi connectivity index (χ0) is 21.8. The van der Waals surface area contributed by atoms with E-state index >= 15 is 0 Å². The number of carbonyl (C=O) groups excluding carboxylic acids is 1. The minimum absolute atomic E-state index is 0.169. The molecule has 3 aromatic carbocycles. The SMILES string of the molecule is COc1ccc2cc([C@H](C)C(=O)N/N=C(/C)c3ccc(-n4cnnn4)cc3)ccc2c1. The second kappa shape index (κ2) is 8.74. The Kier molecular flexibility index (Phi) is 5.70. The number of hydrazone groups is 1. The van der Waals surface area contributed by atoms with Gasteiger partial charge in [-0.3, -0.25) is 4.79 Å². The van der Waals surface area contributed by atoms with Gasteiger partial charge in [-0.15, -0.1) is 5.10 Å². The Morgan fingerprint density at radius 3 is 2.52 bits per heavy atom. The summed E-state index contributed by atoms with van der Waals surface area (Å²) in [5, 5.41) is 17.5. The van der Waals surface area contributed by atoms with E-state index in [4.69, 9.17) is 4.74 Å². The number of fused-ring (bicyclic) bond motifs is 1. The van der Waals surface area contributed by atoms with Crippen LogP contribution >= 0.6 is 0 Å². The Morgan fingerprint density at radius 1 is 1.06 bits per heavy atom.